The molecule has 0 saturated heterocycles. The second-order valence-electron chi connectivity index (χ2n) is 2.52. The van der Waals surface area contributed by atoms with Crippen molar-refractivity contribution in [3.05, 3.63) is 48.6 Å². The third-order valence-electron chi connectivity index (χ3n) is 1.50. The molecule has 0 heterocycles. The molecule has 0 aliphatic heterocycles. The van der Waals surface area contributed by atoms with Crippen molar-refractivity contribution in [2.45, 2.75) is 13.8 Å². The number of rotatable bonds is 4. The van der Waals surface area contributed by atoms with E-state index < -0.39 is 0 Å². The van der Waals surface area contributed by atoms with Crippen LogP contribution in [0.1, 0.15) is 13.8 Å². The number of hydrogen-bond acceptors (Lipinski definition) is 1. The summed E-state index contributed by atoms with van der Waals surface area (Å²) < 4.78 is 0. The molecule has 0 saturated carbocycles. The van der Waals surface area contributed by atoms with Gasteiger partial charge in [0.2, 0.25) is 0 Å². The van der Waals surface area contributed by atoms with Gasteiger partial charge < -0.3 is 0 Å². The van der Waals surface area contributed by atoms with Crippen molar-refractivity contribution >= 4 is 5.71 Å². The van der Waals surface area contributed by atoms with Gasteiger partial charge in [-0.15, -0.1) is 0 Å². The van der Waals surface area contributed by atoms with Crippen LogP contribution in [0.5, 0.6) is 0 Å². The largest absolute Gasteiger partial charge is 0.288 e. The second kappa shape index (κ2) is 7.29. The maximum Gasteiger partial charge on any atom is 0.0633 e. The van der Waals surface area contributed by atoms with Crippen LogP contribution in [0.15, 0.2) is 53.6 Å². The van der Waals surface area contributed by atoms with E-state index in [1.807, 2.05) is 50.3 Å². The van der Waals surface area contributed by atoms with Crippen molar-refractivity contribution in [2.75, 3.05) is 7.05 Å². The third kappa shape index (κ3) is 4.96. The average molecular weight is 175 g/mol. The maximum absolute atomic E-state index is 4.11. The van der Waals surface area contributed by atoms with Crippen LogP contribution in [0, 0.1) is 0 Å². The first-order chi connectivity index (χ1) is 6.26. The minimum atomic E-state index is 0.920. The highest BCUT2D eigenvalue weighted by atomic mass is 14.7. The van der Waals surface area contributed by atoms with E-state index in [1.54, 1.807) is 7.05 Å². The highest BCUT2D eigenvalue weighted by Crippen LogP contribution is 1.99. The fourth-order valence-corrected chi connectivity index (χ4v) is 0.851. The number of allylic oxidation sites excluding steroid dienone is 7. The number of nitrogens with zero attached hydrogens (tertiary/aromatic N) is 1. The molecule has 0 fully saturated rings. The topological polar surface area (TPSA) is 12.4 Å². The van der Waals surface area contributed by atoms with E-state index in [2.05, 4.69) is 11.6 Å². The van der Waals surface area contributed by atoms with Crippen LogP contribution in [0.25, 0.3) is 0 Å². The molecular weight excluding hydrogens is 158 g/mol. The highest BCUT2D eigenvalue weighted by molar-refractivity contribution is 6.09. The zero-order chi connectivity index (χ0) is 10.1. The number of aliphatic imine (C=N–C) groups is 1. The highest BCUT2D eigenvalue weighted by Gasteiger charge is 1.93. The van der Waals surface area contributed by atoms with Gasteiger partial charge in [-0.2, -0.15) is 0 Å². The van der Waals surface area contributed by atoms with Gasteiger partial charge in [0.05, 0.1) is 5.71 Å². The molecule has 70 valence electrons. The minimum Gasteiger partial charge on any atom is -0.288 e. The van der Waals surface area contributed by atoms with Crippen LogP contribution in [0.2, 0.25) is 0 Å². The van der Waals surface area contributed by atoms with Gasteiger partial charge in [-0.05, 0) is 25.5 Å². The summed E-state index contributed by atoms with van der Waals surface area (Å²) in [4.78, 5) is 4.11. The Morgan fingerprint density at radius 2 is 1.77 bits per heavy atom. The van der Waals surface area contributed by atoms with Gasteiger partial charge in [0, 0.05) is 7.05 Å². The lowest BCUT2D eigenvalue weighted by Crippen LogP contribution is -1.94. The molecule has 0 aromatic heterocycles. The Balaban J connectivity index is 4.41. The lowest BCUT2D eigenvalue weighted by Gasteiger charge is -1.97. The van der Waals surface area contributed by atoms with Crippen molar-refractivity contribution in [1.82, 2.24) is 0 Å². The predicted molar refractivity (Wildman–Crippen MR) is 61.3 cm³/mol. The Hall–Kier alpha value is -1.37. The quantitative estimate of drug-likeness (QED) is 0.459. The van der Waals surface area contributed by atoms with Crippen molar-refractivity contribution < 1.29 is 0 Å². The SMILES string of the molecule is C=C(/C=C\C=C/C)C(/C=C\C)=N/C. The zero-order valence-corrected chi connectivity index (χ0v) is 8.62. The summed E-state index contributed by atoms with van der Waals surface area (Å²) in [6, 6.07) is 0. The maximum atomic E-state index is 4.11. The van der Waals surface area contributed by atoms with Crippen molar-refractivity contribution in [3.63, 3.8) is 0 Å². The smallest absolute Gasteiger partial charge is 0.0633 e. The van der Waals surface area contributed by atoms with Gasteiger partial charge in [-0.25, -0.2) is 0 Å². The van der Waals surface area contributed by atoms with E-state index in [0.29, 0.717) is 0 Å². The molecule has 0 N–H and O–H groups in total. The molecule has 0 aromatic rings. The molecule has 0 radical (unpaired) electrons. The first-order valence-electron chi connectivity index (χ1n) is 4.34. The summed E-state index contributed by atoms with van der Waals surface area (Å²) >= 11 is 0. The Kier molecular flexibility index (Phi) is 6.52. The van der Waals surface area contributed by atoms with Crippen LogP contribution >= 0.6 is 0 Å². The minimum absolute atomic E-state index is 0.920. The van der Waals surface area contributed by atoms with Gasteiger partial charge in [0.25, 0.3) is 0 Å². The standard InChI is InChI=1S/C12H17N/c1-5-7-8-10-11(3)12(13-4)9-6-2/h5-10H,3H2,1-2,4H3/b7-5-,9-6-,10-8-,13-12+. The monoisotopic (exact) mass is 175 g/mol. The molecule has 0 bridgehead atoms. The molecular formula is C12H17N. The van der Waals surface area contributed by atoms with E-state index in [-0.39, 0.29) is 0 Å². The van der Waals surface area contributed by atoms with Crippen LogP contribution in [0.3, 0.4) is 0 Å². The molecule has 0 aromatic carbocycles. The lowest BCUT2D eigenvalue weighted by molar-refractivity contribution is 1.44. The Bertz CT molecular complexity index is 265. The molecule has 0 aliphatic carbocycles. The molecule has 0 amide bonds. The fraction of sp³-hybridized carbons (Fsp3) is 0.250. The molecule has 0 aliphatic rings. The van der Waals surface area contributed by atoms with Crippen LogP contribution < -0.4 is 0 Å². The summed E-state index contributed by atoms with van der Waals surface area (Å²) in [6.45, 7) is 7.86. The average Bonchev–Trinajstić information content (AvgIpc) is 2.14. The third-order valence-corrected chi connectivity index (χ3v) is 1.50. The second-order valence-corrected chi connectivity index (χ2v) is 2.52. The molecule has 0 spiro atoms. The molecule has 0 unspecified atom stereocenters. The Morgan fingerprint density at radius 1 is 1.08 bits per heavy atom. The van der Waals surface area contributed by atoms with E-state index >= 15 is 0 Å². The molecule has 1 nitrogen and oxygen atoms in total. The van der Waals surface area contributed by atoms with Gasteiger partial charge in [-0.3, -0.25) is 4.99 Å². The van der Waals surface area contributed by atoms with Gasteiger partial charge in [0.15, 0.2) is 0 Å². The van der Waals surface area contributed by atoms with Gasteiger partial charge in [-0.1, -0.05) is 37.0 Å². The van der Waals surface area contributed by atoms with Crippen molar-refractivity contribution in [1.29, 1.82) is 0 Å². The summed E-state index contributed by atoms with van der Waals surface area (Å²) in [5.41, 5.74) is 1.85. The van der Waals surface area contributed by atoms with Crippen LogP contribution in [0.4, 0.5) is 0 Å². The Morgan fingerprint density at radius 3 is 2.23 bits per heavy atom. The van der Waals surface area contributed by atoms with Crippen LogP contribution in [-0.4, -0.2) is 12.8 Å². The summed E-state index contributed by atoms with van der Waals surface area (Å²) in [5.74, 6) is 0. The summed E-state index contributed by atoms with van der Waals surface area (Å²) in [7, 11) is 1.77. The Labute approximate surface area is 80.9 Å². The number of hydrogen-bond donors (Lipinski definition) is 0. The summed E-state index contributed by atoms with van der Waals surface area (Å²) in [6.07, 6.45) is 11.7. The molecule has 13 heavy (non-hydrogen) atoms. The van der Waals surface area contributed by atoms with Gasteiger partial charge >= 0.3 is 0 Å². The van der Waals surface area contributed by atoms with Crippen molar-refractivity contribution in [2.24, 2.45) is 4.99 Å². The predicted octanol–water partition coefficient (Wildman–Crippen LogP) is 3.32. The fourth-order valence-electron chi connectivity index (χ4n) is 0.851. The summed E-state index contributed by atoms with van der Waals surface area (Å²) in [5, 5.41) is 0. The molecule has 0 atom stereocenters. The van der Waals surface area contributed by atoms with E-state index in [4.69, 9.17) is 0 Å². The van der Waals surface area contributed by atoms with Gasteiger partial charge in [0.1, 0.15) is 0 Å². The van der Waals surface area contributed by atoms with Crippen LogP contribution in [-0.2, 0) is 0 Å². The molecule has 0 rings (SSSR count). The van der Waals surface area contributed by atoms with Crippen molar-refractivity contribution in [3.8, 4) is 0 Å². The molecule has 1 heteroatoms. The zero-order valence-electron chi connectivity index (χ0n) is 8.62. The first-order valence-corrected chi connectivity index (χ1v) is 4.34. The lowest BCUT2D eigenvalue weighted by atomic mass is 10.1. The van der Waals surface area contributed by atoms with E-state index in [9.17, 15) is 0 Å². The first kappa shape index (κ1) is 11.6. The normalized spacial score (nSPS) is 13.6. The van der Waals surface area contributed by atoms with E-state index in [0.717, 1.165) is 11.3 Å². The van der Waals surface area contributed by atoms with E-state index in [1.165, 1.54) is 0 Å².